The predicted molar refractivity (Wildman–Crippen MR) is 40.3 cm³/mol. The van der Waals surface area contributed by atoms with Gasteiger partial charge in [-0.3, -0.25) is 5.32 Å². The lowest BCUT2D eigenvalue weighted by Crippen LogP contribution is -2.48. The van der Waals surface area contributed by atoms with Gasteiger partial charge in [0.1, 0.15) is 0 Å². The van der Waals surface area contributed by atoms with E-state index in [-0.39, 0.29) is 6.04 Å². The zero-order valence-corrected chi connectivity index (χ0v) is 6.89. The Labute approximate surface area is 62.1 Å². The van der Waals surface area contributed by atoms with Crippen LogP contribution in [0.3, 0.4) is 0 Å². The quantitative estimate of drug-likeness (QED) is 0.505. The highest BCUT2D eigenvalue weighted by molar-refractivity contribution is 4.63. The van der Waals surface area contributed by atoms with Crippen LogP contribution in [0.15, 0.2) is 0 Å². The van der Waals surface area contributed by atoms with E-state index in [1.54, 1.807) is 0 Å². The molecule has 3 heteroatoms. The molecular weight excluding hydrogens is 130 g/mol. The van der Waals surface area contributed by atoms with Gasteiger partial charge in [0.25, 0.3) is 0 Å². The molecule has 62 valence electrons. The summed E-state index contributed by atoms with van der Waals surface area (Å²) in [6, 6.07) is 0.0987. The van der Waals surface area contributed by atoms with E-state index in [0.29, 0.717) is 6.42 Å². The van der Waals surface area contributed by atoms with Crippen LogP contribution in [0.5, 0.6) is 0 Å². The summed E-state index contributed by atoms with van der Waals surface area (Å²) in [5, 5.41) is 20.9. The third-order valence-electron chi connectivity index (χ3n) is 1.12. The van der Waals surface area contributed by atoms with E-state index in [1.165, 1.54) is 0 Å². The van der Waals surface area contributed by atoms with Crippen LogP contribution in [0, 0.1) is 0 Å². The molecule has 0 aromatic heterocycles. The molecule has 0 spiro atoms. The van der Waals surface area contributed by atoms with Gasteiger partial charge in [-0.25, -0.2) is 0 Å². The van der Waals surface area contributed by atoms with Crippen molar-refractivity contribution in [3.05, 3.63) is 0 Å². The molecule has 0 aromatic rings. The lowest BCUT2D eigenvalue weighted by molar-refractivity contribution is -0.194. The molecule has 0 unspecified atom stereocenters. The van der Waals surface area contributed by atoms with Gasteiger partial charge in [0.2, 0.25) is 5.91 Å². The second-order valence-electron chi connectivity index (χ2n) is 2.87. The predicted octanol–water partition coefficient (Wildman–Crippen LogP) is 0.423. The summed E-state index contributed by atoms with van der Waals surface area (Å²) in [6.07, 6.45) is 1.12. The van der Waals surface area contributed by atoms with Crippen molar-refractivity contribution in [3.63, 3.8) is 0 Å². The first-order chi connectivity index (χ1) is 4.48. The van der Waals surface area contributed by atoms with Crippen molar-refractivity contribution in [1.82, 2.24) is 5.32 Å². The summed E-state index contributed by atoms with van der Waals surface area (Å²) in [5.41, 5.74) is 0. The molecule has 0 aliphatic rings. The van der Waals surface area contributed by atoms with Gasteiger partial charge in [0.05, 0.1) is 0 Å². The highest BCUT2D eigenvalue weighted by atomic mass is 16.5. The van der Waals surface area contributed by atoms with Crippen LogP contribution >= 0.6 is 0 Å². The van der Waals surface area contributed by atoms with Crippen molar-refractivity contribution in [2.24, 2.45) is 0 Å². The smallest absolute Gasteiger partial charge is 0.222 e. The van der Waals surface area contributed by atoms with Gasteiger partial charge in [0, 0.05) is 12.5 Å². The Balaban J connectivity index is 3.63. The fourth-order valence-corrected chi connectivity index (χ4v) is 0.883. The number of rotatable bonds is 4. The van der Waals surface area contributed by atoms with E-state index in [1.807, 2.05) is 20.8 Å². The van der Waals surface area contributed by atoms with Crippen LogP contribution in [-0.4, -0.2) is 22.2 Å². The fraction of sp³-hybridized carbons (Fsp3) is 1.00. The lowest BCUT2D eigenvalue weighted by atomic mass is 10.2. The Morgan fingerprint density at radius 2 is 1.90 bits per heavy atom. The second-order valence-corrected chi connectivity index (χ2v) is 2.87. The Bertz CT molecular complexity index is 91.6. The number of hydrogen-bond acceptors (Lipinski definition) is 3. The SMILES string of the molecule is CCCC(O)(O)NC(C)C. The number of hydrogen-bond donors (Lipinski definition) is 3. The topological polar surface area (TPSA) is 52.5 Å². The number of nitrogens with one attached hydrogen (secondary N) is 1. The van der Waals surface area contributed by atoms with Gasteiger partial charge < -0.3 is 10.2 Å². The van der Waals surface area contributed by atoms with E-state index >= 15 is 0 Å². The first-order valence-corrected chi connectivity index (χ1v) is 3.70. The van der Waals surface area contributed by atoms with Crippen molar-refractivity contribution in [3.8, 4) is 0 Å². The molecule has 0 bridgehead atoms. The van der Waals surface area contributed by atoms with Crippen molar-refractivity contribution in [2.45, 2.75) is 45.6 Å². The van der Waals surface area contributed by atoms with Gasteiger partial charge >= 0.3 is 0 Å². The summed E-state index contributed by atoms with van der Waals surface area (Å²) in [6.45, 7) is 5.65. The first kappa shape index (κ1) is 9.88. The van der Waals surface area contributed by atoms with Crippen LogP contribution in [0.4, 0.5) is 0 Å². The Morgan fingerprint density at radius 1 is 1.40 bits per heavy atom. The van der Waals surface area contributed by atoms with Crippen molar-refractivity contribution in [1.29, 1.82) is 0 Å². The summed E-state index contributed by atoms with van der Waals surface area (Å²) in [5.74, 6) is -1.68. The normalized spacial score (nSPS) is 12.6. The molecule has 0 heterocycles. The standard InChI is InChI=1S/C7H17NO2/c1-4-5-7(9,10)8-6(2)3/h6,8-10H,4-5H2,1-3H3. The molecule has 0 aliphatic heterocycles. The molecule has 0 aliphatic carbocycles. The molecule has 0 rings (SSSR count). The van der Waals surface area contributed by atoms with E-state index in [2.05, 4.69) is 5.32 Å². The van der Waals surface area contributed by atoms with Gasteiger partial charge in [-0.15, -0.1) is 0 Å². The largest absolute Gasteiger partial charge is 0.353 e. The number of aliphatic hydroxyl groups is 2. The second kappa shape index (κ2) is 3.91. The van der Waals surface area contributed by atoms with Crippen LogP contribution in [0.2, 0.25) is 0 Å². The molecule has 0 amide bonds. The van der Waals surface area contributed by atoms with Gasteiger partial charge in [0.15, 0.2) is 0 Å². The minimum atomic E-state index is -1.68. The van der Waals surface area contributed by atoms with E-state index in [9.17, 15) is 0 Å². The van der Waals surface area contributed by atoms with Crippen molar-refractivity contribution in [2.75, 3.05) is 0 Å². The van der Waals surface area contributed by atoms with Gasteiger partial charge in [-0.1, -0.05) is 6.92 Å². The average molecular weight is 147 g/mol. The molecule has 0 saturated heterocycles. The van der Waals surface area contributed by atoms with Crippen LogP contribution in [0.1, 0.15) is 33.6 Å². The van der Waals surface area contributed by atoms with Crippen molar-refractivity contribution >= 4 is 0 Å². The molecule has 3 N–H and O–H groups in total. The maximum absolute atomic E-state index is 9.13. The first-order valence-electron chi connectivity index (χ1n) is 3.70. The van der Waals surface area contributed by atoms with Gasteiger partial charge in [-0.2, -0.15) is 0 Å². The Morgan fingerprint density at radius 3 is 2.20 bits per heavy atom. The Hall–Kier alpha value is -0.120. The molecule has 10 heavy (non-hydrogen) atoms. The molecule has 0 atom stereocenters. The molecule has 0 aromatic carbocycles. The zero-order chi connectivity index (χ0) is 8.20. The molecule has 0 radical (unpaired) electrons. The minimum Gasteiger partial charge on any atom is -0.353 e. The molecular formula is C7H17NO2. The van der Waals surface area contributed by atoms with Crippen LogP contribution in [0.25, 0.3) is 0 Å². The maximum Gasteiger partial charge on any atom is 0.222 e. The molecule has 0 saturated carbocycles. The van der Waals surface area contributed by atoms with Crippen LogP contribution in [-0.2, 0) is 0 Å². The monoisotopic (exact) mass is 147 g/mol. The minimum absolute atomic E-state index is 0.0987. The average Bonchev–Trinajstić information content (AvgIpc) is 1.59. The molecule has 0 fully saturated rings. The van der Waals surface area contributed by atoms with E-state index in [4.69, 9.17) is 10.2 Å². The maximum atomic E-state index is 9.13. The Kier molecular flexibility index (Phi) is 3.86. The highest BCUT2D eigenvalue weighted by Crippen LogP contribution is 2.04. The summed E-state index contributed by atoms with van der Waals surface area (Å²) in [4.78, 5) is 0. The van der Waals surface area contributed by atoms with Gasteiger partial charge in [-0.05, 0) is 20.3 Å². The summed E-state index contributed by atoms with van der Waals surface area (Å²) >= 11 is 0. The third-order valence-corrected chi connectivity index (χ3v) is 1.12. The highest BCUT2D eigenvalue weighted by Gasteiger charge is 2.21. The fourth-order valence-electron chi connectivity index (χ4n) is 0.883. The summed E-state index contributed by atoms with van der Waals surface area (Å²) in [7, 11) is 0. The van der Waals surface area contributed by atoms with E-state index < -0.39 is 5.91 Å². The third kappa shape index (κ3) is 4.73. The summed E-state index contributed by atoms with van der Waals surface area (Å²) < 4.78 is 0. The lowest BCUT2D eigenvalue weighted by Gasteiger charge is -2.24. The zero-order valence-electron chi connectivity index (χ0n) is 6.89. The van der Waals surface area contributed by atoms with Crippen molar-refractivity contribution < 1.29 is 10.2 Å². The molecule has 3 nitrogen and oxygen atoms in total. The van der Waals surface area contributed by atoms with Crippen LogP contribution < -0.4 is 5.32 Å². The van der Waals surface area contributed by atoms with E-state index in [0.717, 1.165) is 6.42 Å².